The van der Waals surface area contributed by atoms with Crippen LogP contribution in [0.5, 0.6) is 0 Å². The van der Waals surface area contributed by atoms with Gasteiger partial charge in [-0.3, -0.25) is 0 Å². The molecule has 3 N–H and O–H groups in total. The number of hydrogen-bond acceptors (Lipinski definition) is 4. The molecule has 0 aliphatic rings. The summed E-state index contributed by atoms with van der Waals surface area (Å²) in [6.45, 7) is 1.97. The third kappa shape index (κ3) is 3.92. The lowest BCUT2D eigenvalue weighted by atomic mass is 10.2. The van der Waals surface area contributed by atoms with Crippen LogP contribution in [0.2, 0.25) is 0 Å². The van der Waals surface area contributed by atoms with Crippen LogP contribution in [-0.4, -0.2) is 46.8 Å². The van der Waals surface area contributed by atoms with E-state index in [0.29, 0.717) is 0 Å². The summed E-state index contributed by atoms with van der Waals surface area (Å²) in [5.74, 6) is 0. The van der Waals surface area contributed by atoms with E-state index in [1.807, 2.05) is 4.57 Å². The molecule has 1 aromatic heterocycles. The van der Waals surface area contributed by atoms with Gasteiger partial charge in [0.15, 0.2) is 0 Å². The summed E-state index contributed by atoms with van der Waals surface area (Å²) in [4.78, 5) is 6.24. The van der Waals surface area contributed by atoms with Gasteiger partial charge in [-0.15, -0.1) is 0 Å². The highest BCUT2D eigenvalue weighted by Gasteiger charge is 2.09. The third-order valence-corrected chi connectivity index (χ3v) is 2.58. The van der Waals surface area contributed by atoms with Crippen molar-refractivity contribution in [3.63, 3.8) is 0 Å². The monoisotopic (exact) mass is 226 g/mol. The molecule has 1 unspecified atom stereocenters. The zero-order valence-electron chi connectivity index (χ0n) is 10.1. The van der Waals surface area contributed by atoms with Crippen molar-refractivity contribution in [1.82, 2.24) is 14.5 Å². The largest absolute Gasteiger partial charge is 0.394 e. The Bertz CT molecular complexity index is 298. The average Bonchev–Trinajstić information content (AvgIpc) is 2.71. The lowest BCUT2D eigenvalue weighted by Crippen LogP contribution is -2.19. The molecular formula is C11H22N4O. The Balaban J connectivity index is 2.39. The molecule has 1 atom stereocenters. The van der Waals surface area contributed by atoms with Gasteiger partial charge in [-0.25, -0.2) is 4.98 Å². The van der Waals surface area contributed by atoms with Crippen molar-refractivity contribution in [1.29, 1.82) is 0 Å². The second kappa shape index (κ2) is 6.62. The van der Waals surface area contributed by atoms with E-state index in [1.165, 1.54) is 0 Å². The van der Waals surface area contributed by atoms with E-state index in [-0.39, 0.29) is 12.6 Å². The Labute approximate surface area is 96.9 Å². The summed E-state index contributed by atoms with van der Waals surface area (Å²) < 4.78 is 2.02. The molecule has 1 aromatic rings. The molecule has 1 heterocycles. The van der Waals surface area contributed by atoms with Gasteiger partial charge in [0.2, 0.25) is 0 Å². The first-order valence-corrected chi connectivity index (χ1v) is 5.66. The predicted molar refractivity (Wildman–Crippen MR) is 64.0 cm³/mol. The topological polar surface area (TPSA) is 67.3 Å². The van der Waals surface area contributed by atoms with Gasteiger partial charge in [0, 0.05) is 12.7 Å². The highest BCUT2D eigenvalue weighted by atomic mass is 16.3. The van der Waals surface area contributed by atoms with Gasteiger partial charge in [0.1, 0.15) is 0 Å². The smallest absolute Gasteiger partial charge is 0.0948 e. The van der Waals surface area contributed by atoms with Gasteiger partial charge in [0.05, 0.1) is 24.7 Å². The summed E-state index contributed by atoms with van der Waals surface area (Å²) in [7, 11) is 4.15. The molecule has 0 aliphatic carbocycles. The summed E-state index contributed by atoms with van der Waals surface area (Å²) >= 11 is 0. The molecule has 5 heteroatoms. The molecule has 0 saturated heterocycles. The van der Waals surface area contributed by atoms with Crippen molar-refractivity contribution < 1.29 is 5.11 Å². The van der Waals surface area contributed by atoms with Gasteiger partial charge < -0.3 is 20.3 Å². The fraction of sp³-hybridized carbons (Fsp3) is 0.727. The van der Waals surface area contributed by atoms with E-state index >= 15 is 0 Å². The van der Waals surface area contributed by atoms with E-state index in [9.17, 15) is 0 Å². The van der Waals surface area contributed by atoms with Gasteiger partial charge in [-0.05, 0) is 33.5 Å². The van der Waals surface area contributed by atoms with Crippen LogP contribution in [0.1, 0.15) is 24.6 Å². The second-order valence-electron chi connectivity index (χ2n) is 4.31. The quantitative estimate of drug-likeness (QED) is 0.653. The van der Waals surface area contributed by atoms with Gasteiger partial charge >= 0.3 is 0 Å². The minimum Gasteiger partial charge on any atom is -0.394 e. The number of imidazole rings is 1. The number of aromatic nitrogens is 2. The van der Waals surface area contributed by atoms with Crippen LogP contribution in [0.15, 0.2) is 12.5 Å². The fourth-order valence-corrected chi connectivity index (χ4v) is 1.63. The Hall–Kier alpha value is -0.910. The number of nitrogens with zero attached hydrogens (tertiary/aromatic N) is 3. The van der Waals surface area contributed by atoms with E-state index in [1.54, 1.807) is 12.5 Å². The predicted octanol–water partition coefficient (Wildman–Crippen LogP) is 0.217. The molecule has 0 radical (unpaired) electrons. The molecule has 0 spiro atoms. The van der Waals surface area contributed by atoms with E-state index < -0.39 is 0 Å². The lowest BCUT2D eigenvalue weighted by molar-refractivity contribution is 0.262. The molecule has 0 fully saturated rings. The highest BCUT2D eigenvalue weighted by molar-refractivity contribution is 5.04. The maximum atomic E-state index is 9.00. The number of nitrogens with two attached hydrogens (primary N) is 1. The van der Waals surface area contributed by atoms with Gasteiger partial charge in [-0.2, -0.15) is 0 Å². The standard InChI is InChI=1S/C11H22N4O/c1-14(2)5-3-4-6-15-9-13-7-11(15)10(12)8-16/h7,9-10,16H,3-6,8,12H2,1-2H3. The minimum atomic E-state index is -0.323. The SMILES string of the molecule is CN(C)CCCCn1cncc1C(N)CO. The number of aliphatic hydroxyl groups excluding tert-OH is 1. The third-order valence-electron chi connectivity index (χ3n) is 2.58. The first-order chi connectivity index (χ1) is 7.65. The number of rotatable bonds is 7. The van der Waals surface area contributed by atoms with Crippen molar-refractivity contribution in [3.05, 3.63) is 18.2 Å². The van der Waals surface area contributed by atoms with Crippen molar-refractivity contribution in [2.45, 2.75) is 25.4 Å². The Kier molecular flexibility index (Phi) is 5.45. The van der Waals surface area contributed by atoms with E-state index in [0.717, 1.165) is 31.6 Å². The van der Waals surface area contributed by atoms with Crippen LogP contribution in [0.3, 0.4) is 0 Å². The van der Waals surface area contributed by atoms with Crippen LogP contribution < -0.4 is 5.73 Å². The second-order valence-corrected chi connectivity index (χ2v) is 4.31. The molecule has 0 aromatic carbocycles. The molecule has 0 saturated carbocycles. The highest BCUT2D eigenvalue weighted by Crippen LogP contribution is 2.10. The van der Waals surface area contributed by atoms with Crippen LogP contribution in [-0.2, 0) is 6.54 Å². The van der Waals surface area contributed by atoms with Crippen LogP contribution >= 0.6 is 0 Å². The van der Waals surface area contributed by atoms with Crippen LogP contribution in [0, 0.1) is 0 Å². The van der Waals surface area contributed by atoms with Crippen molar-refractivity contribution in [3.8, 4) is 0 Å². The fourth-order valence-electron chi connectivity index (χ4n) is 1.63. The summed E-state index contributed by atoms with van der Waals surface area (Å²) in [6.07, 6.45) is 5.76. The summed E-state index contributed by atoms with van der Waals surface area (Å²) in [5.41, 5.74) is 6.68. The number of aryl methyl sites for hydroxylation is 1. The number of hydrogen-bond donors (Lipinski definition) is 2. The molecular weight excluding hydrogens is 204 g/mol. The Morgan fingerprint density at radius 1 is 1.50 bits per heavy atom. The first kappa shape index (κ1) is 13.2. The summed E-state index contributed by atoms with van der Waals surface area (Å²) in [6, 6.07) is -0.323. The molecule has 0 amide bonds. The maximum Gasteiger partial charge on any atom is 0.0948 e. The van der Waals surface area contributed by atoms with E-state index in [4.69, 9.17) is 10.8 Å². The van der Waals surface area contributed by atoms with Crippen LogP contribution in [0.4, 0.5) is 0 Å². The lowest BCUT2D eigenvalue weighted by Gasteiger charge is -2.13. The molecule has 92 valence electrons. The van der Waals surface area contributed by atoms with Crippen molar-refractivity contribution in [2.24, 2.45) is 5.73 Å². The summed E-state index contributed by atoms with van der Waals surface area (Å²) in [5, 5.41) is 9.00. The first-order valence-electron chi connectivity index (χ1n) is 5.66. The van der Waals surface area contributed by atoms with E-state index in [2.05, 4.69) is 24.0 Å². The Morgan fingerprint density at radius 3 is 2.88 bits per heavy atom. The van der Waals surface area contributed by atoms with Gasteiger partial charge in [0.25, 0.3) is 0 Å². The molecule has 0 aliphatic heterocycles. The van der Waals surface area contributed by atoms with Crippen molar-refractivity contribution in [2.75, 3.05) is 27.2 Å². The zero-order chi connectivity index (χ0) is 12.0. The molecule has 0 bridgehead atoms. The van der Waals surface area contributed by atoms with Crippen LogP contribution in [0.25, 0.3) is 0 Å². The zero-order valence-corrected chi connectivity index (χ0v) is 10.1. The molecule has 5 nitrogen and oxygen atoms in total. The molecule has 16 heavy (non-hydrogen) atoms. The Morgan fingerprint density at radius 2 is 2.25 bits per heavy atom. The van der Waals surface area contributed by atoms with Gasteiger partial charge in [-0.1, -0.05) is 0 Å². The molecule has 1 rings (SSSR count). The van der Waals surface area contributed by atoms with Crippen molar-refractivity contribution >= 4 is 0 Å². The minimum absolute atomic E-state index is 0.0383. The maximum absolute atomic E-state index is 9.00. The normalized spacial score (nSPS) is 13.3. The number of aliphatic hydroxyl groups is 1. The number of unbranched alkanes of at least 4 members (excludes halogenated alkanes) is 1. The average molecular weight is 226 g/mol.